The van der Waals surface area contributed by atoms with E-state index in [9.17, 15) is 24.1 Å². The maximum absolute atomic E-state index is 13.6. The molecule has 25 heavy (non-hydrogen) atoms. The predicted molar refractivity (Wildman–Crippen MR) is 87.7 cm³/mol. The molecule has 0 saturated carbocycles. The van der Waals surface area contributed by atoms with Crippen LogP contribution in [0.4, 0.5) is 15.8 Å². The third kappa shape index (κ3) is 5.38. The summed E-state index contributed by atoms with van der Waals surface area (Å²) in [6.07, 6.45) is -0.455. The molecule has 130 valence electrons. The maximum atomic E-state index is 13.6. The summed E-state index contributed by atoms with van der Waals surface area (Å²) in [7, 11) is 0. The first kappa shape index (κ1) is 18.1. The average Bonchev–Trinajstić information content (AvgIpc) is 2.57. The van der Waals surface area contributed by atoms with Crippen molar-refractivity contribution >= 4 is 23.3 Å². The molecule has 2 aromatic rings. The molecule has 0 radical (unpaired) electrons. The van der Waals surface area contributed by atoms with Gasteiger partial charge in [0.15, 0.2) is 0 Å². The molecule has 0 saturated heterocycles. The fourth-order valence-corrected chi connectivity index (χ4v) is 1.94. The molecule has 0 spiro atoms. The topological polar surface area (TPSA) is 98.5 Å². The minimum atomic E-state index is -0.804. The second-order valence-corrected chi connectivity index (χ2v) is 5.26. The molecule has 0 aliphatic carbocycles. The van der Waals surface area contributed by atoms with Gasteiger partial charge in [0.2, 0.25) is 5.91 Å². The van der Waals surface area contributed by atoms with Gasteiger partial charge in [0.25, 0.3) is 5.69 Å². The number of rotatable bonds is 6. The van der Waals surface area contributed by atoms with E-state index in [1.54, 1.807) is 24.3 Å². The van der Waals surface area contributed by atoms with Crippen molar-refractivity contribution in [1.29, 1.82) is 0 Å². The summed E-state index contributed by atoms with van der Waals surface area (Å²) in [4.78, 5) is 33.5. The Bertz CT molecular complexity index is 805. The summed E-state index contributed by atoms with van der Waals surface area (Å²) in [5, 5.41) is 12.9. The Labute approximate surface area is 142 Å². The van der Waals surface area contributed by atoms with Gasteiger partial charge in [-0.05, 0) is 25.1 Å². The highest BCUT2D eigenvalue weighted by Gasteiger charge is 2.14. The zero-order valence-electron chi connectivity index (χ0n) is 13.3. The summed E-state index contributed by atoms with van der Waals surface area (Å²) in [5.74, 6) is -1.71. The van der Waals surface area contributed by atoms with Gasteiger partial charge in [0.1, 0.15) is 11.6 Å². The molecule has 0 fully saturated rings. The Hall–Kier alpha value is -3.29. The standard InChI is InChI=1S/C17H15FN2O5/c1-11-2-5-13(6-3-11)25-17(22)9-8-16(21)19-15-10-12(20(23)24)4-7-14(15)18/h2-7,10H,8-9H2,1H3,(H,19,21). The lowest BCUT2D eigenvalue weighted by Gasteiger charge is -2.07. The Morgan fingerprint density at radius 2 is 1.84 bits per heavy atom. The molecule has 0 aromatic heterocycles. The molecule has 7 nitrogen and oxygen atoms in total. The molecule has 0 heterocycles. The van der Waals surface area contributed by atoms with Gasteiger partial charge in [-0.3, -0.25) is 19.7 Å². The van der Waals surface area contributed by atoms with Gasteiger partial charge in [0.05, 0.1) is 17.0 Å². The summed E-state index contributed by atoms with van der Waals surface area (Å²) < 4.78 is 18.6. The second-order valence-electron chi connectivity index (χ2n) is 5.26. The Morgan fingerprint density at radius 1 is 1.16 bits per heavy atom. The third-order valence-electron chi connectivity index (χ3n) is 3.24. The van der Waals surface area contributed by atoms with Crippen molar-refractivity contribution < 1.29 is 23.6 Å². The molecule has 8 heteroatoms. The van der Waals surface area contributed by atoms with Gasteiger partial charge >= 0.3 is 5.97 Å². The lowest BCUT2D eigenvalue weighted by atomic mass is 10.2. The summed E-state index contributed by atoms with van der Waals surface area (Å²) in [6, 6.07) is 9.61. The van der Waals surface area contributed by atoms with Crippen molar-refractivity contribution in [1.82, 2.24) is 0 Å². The zero-order chi connectivity index (χ0) is 18.4. The Morgan fingerprint density at radius 3 is 2.48 bits per heavy atom. The van der Waals surface area contributed by atoms with Crippen molar-refractivity contribution in [2.75, 3.05) is 5.32 Å². The van der Waals surface area contributed by atoms with Gasteiger partial charge in [-0.25, -0.2) is 4.39 Å². The number of hydrogen-bond acceptors (Lipinski definition) is 5. The third-order valence-corrected chi connectivity index (χ3v) is 3.24. The van der Waals surface area contributed by atoms with Crippen LogP contribution in [0.25, 0.3) is 0 Å². The van der Waals surface area contributed by atoms with Gasteiger partial charge in [0, 0.05) is 18.6 Å². The number of esters is 1. The number of non-ortho nitro benzene ring substituents is 1. The number of hydrogen-bond donors (Lipinski definition) is 1. The highest BCUT2D eigenvalue weighted by atomic mass is 19.1. The molecule has 2 aromatic carbocycles. The Kier molecular flexibility index (Phi) is 5.78. The predicted octanol–water partition coefficient (Wildman–Crippen LogP) is 3.37. The van der Waals surface area contributed by atoms with Crippen LogP contribution in [0.5, 0.6) is 5.75 Å². The first-order valence-corrected chi connectivity index (χ1v) is 7.36. The normalized spacial score (nSPS) is 10.2. The van der Waals surface area contributed by atoms with Crippen LogP contribution in [0.2, 0.25) is 0 Å². The summed E-state index contributed by atoms with van der Waals surface area (Å²) in [6.45, 7) is 1.89. The van der Waals surface area contributed by atoms with Crippen LogP contribution in [0.1, 0.15) is 18.4 Å². The van der Waals surface area contributed by atoms with E-state index in [4.69, 9.17) is 4.74 Å². The molecule has 2 rings (SSSR count). The highest BCUT2D eigenvalue weighted by molar-refractivity contribution is 5.93. The lowest BCUT2D eigenvalue weighted by molar-refractivity contribution is -0.384. The molecular weight excluding hydrogens is 331 g/mol. The van der Waals surface area contributed by atoms with Crippen molar-refractivity contribution in [3.8, 4) is 5.75 Å². The molecule has 0 unspecified atom stereocenters. The van der Waals surface area contributed by atoms with Crippen LogP contribution in [0.3, 0.4) is 0 Å². The number of carbonyl (C=O) groups excluding carboxylic acids is 2. The van der Waals surface area contributed by atoms with Gasteiger partial charge < -0.3 is 10.1 Å². The van der Waals surface area contributed by atoms with Crippen molar-refractivity contribution in [3.63, 3.8) is 0 Å². The maximum Gasteiger partial charge on any atom is 0.311 e. The summed E-state index contributed by atoms with van der Waals surface area (Å²) in [5.41, 5.74) is 0.347. The van der Waals surface area contributed by atoms with Crippen LogP contribution in [0.15, 0.2) is 42.5 Å². The van der Waals surface area contributed by atoms with E-state index in [-0.39, 0.29) is 24.2 Å². The van der Waals surface area contributed by atoms with Crippen LogP contribution >= 0.6 is 0 Å². The first-order valence-electron chi connectivity index (χ1n) is 7.36. The minimum absolute atomic E-state index is 0.212. The van der Waals surface area contributed by atoms with Crippen LogP contribution in [-0.4, -0.2) is 16.8 Å². The molecule has 0 bridgehead atoms. The largest absolute Gasteiger partial charge is 0.427 e. The van der Waals surface area contributed by atoms with Crippen LogP contribution in [0, 0.1) is 22.9 Å². The van der Waals surface area contributed by atoms with E-state index in [0.717, 1.165) is 23.8 Å². The number of ether oxygens (including phenoxy) is 1. The molecule has 0 aliphatic rings. The molecule has 0 atom stereocenters. The van der Waals surface area contributed by atoms with Crippen LogP contribution in [-0.2, 0) is 9.59 Å². The minimum Gasteiger partial charge on any atom is -0.427 e. The zero-order valence-corrected chi connectivity index (χ0v) is 13.3. The van der Waals surface area contributed by atoms with E-state index in [1.165, 1.54) is 0 Å². The van der Waals surface area contributed by atoms with Crippen molar-refractivity contribution in [2.45, 2.75) is 19.8 Å². The monoisotopic (exact) mass is 346 g/mol. The average molecular weight is 346 g/mol. The molecule has 1 amide bonds. The number of nitrogens with zero attached hydrogens (tertiary/aromatic N) is 1. The highest BCUT2D eigenvalue weighted by Crippen LogP contribution is 2.21. The van der Waals surface area contributed by atoms with Crippen molar-refractivity contribution in [3.05, 3.63) is 64.0 Å². The first-order chi connectivity index (χ1) is 11.8. The molecule has 0 aliphatic heterocycles. The smallest absolute Gasteiger partial charge is 0.311 e. The molecular formula is C17H15FN2O5. The number of benzene rings is 2. The fraction of sp³-hybridized carbons (Fsp3) is 0.176. The van der Waals surface area contributed by atoms with Gasteiger partial charge in [-0.15, -0.1) is 0 Å². The van der Waals surface area contributed by atoms with Crippen LogP contribution < -0.4 is 10.1 Å². The molecule has 1 N–H and O–H groups in total. The number of anilines is 1. The van der Waals surface area contributed by atoms with Gasteiger partial charge in [-0.2, -0.15) is 0 Å². The van der Waals surface area contributed by atoms with E-state index in [1.807, 2.05) is 6.92 Å². The quantitative estimate of drug-likeness (QED) is 0.374. The lowest BCUT2D eigenvalue weighted by Crippen LogP contribution is -2.16. The SMILES string of the molecule is Cc1ccc(OC(=O)CCC(=O)Nc2cc([N+](=O)[O-])ccc2F)cc1. The number of halogens is 1. The number of carbonyl (C=O) groups is 2. The van der Waals surface area contributed by atoms with E-state index < -0.39 is 22.6 Å². The van der Waals surface area contributed by atoms with Crippen molar-refractivity contribution in [2.24, 2.45) is 0 Å². The number of amides is 1. The fourth-order valence-electron chi connectivity index (χ4n) is 1.94. The number of nitro groups is 1. The van der Waals surface area contributed by atoms with E-state index in [0.29, 0.717) is 5.75 Å². The summed E-state index contributed by atoms with van der Waals surface area (Å²) >= 11 is 0. The number of nitrogens with one attached hydrogen (secondary N) is 1. The second kappa shape index (κ2) is 8.00. The number of nitro benzene ring substituents is 1. The Balaban J connectivity index is 1.88. The number of aryl methyl sites for hydroxylation is 1. The van der Waals surface area contributed by atoms with E-state index in [2.05, 4.69) is 5.32 Å². The van der Waals surface area contributed by atoms with Gasteiger partial charge in [-0.1, -0.05) is 17.7 Å². The van der Waals surface area contributed by atoms with E-state index >= 15 is 0 Å².